The number of ether oxygens (including phenoxy) is 1. The number of aryl methyl sites for hydroxylation is 1. The van der Waals surface area contributed by atoms with E-state index in [9.17, 15) is 15.0 Å². The molecule has 0 radical (unpaired) electrons. The van der Waals surface area contributed by atoms with Gasteiger partial charge in [0, 0.05) is 18.6 Å². The van der Waals surface area contributed by atoms with Crippen molar-refractivity contribution in [3.8, 4) is 11.5 Å². The molecule has 1 aliphatic heterocycles. The fourth-order valence-corrected chi connectivity index (χ4v) is 3.78. The Hall–Kier alpha value is -2.53. The standard InChI is InChI=1S/C24H31NO4/c1-23(2,3)29-21-13-16(9-10-20(21)26)11-12-24(4,5)25-14-17-7-6-8-18(22(27)28)19(17)15-25/h6-10,13,26H,11-12,14-15H2,1-5H3,(H,27,28). The number of hydrogen-bond donors (Lipinski definition) is 2. The molecular weight excluding hydrogens is 366 g/mol. The van der Waals surface area contributed by atoms with E-state index in [0.717, 1.165) is 36.1 Å². The fraction of sp³-hybridized carbons (Fsp3) is 0.458. The highest BCUT2D eigenvalue weighted by Gasteiger charge is 2.33. The Morgan fingerprint density at radius 1 is 1.10 bits per heavy atom. The van der Waals surface area contributed by atoms with Crippen molar-refractivity contribution in [1.29, 1.82) is 0 Å². The van der Waals surface area contributed by atoms with Crippen LogP contribution in [0.2, 0.25) is 0 Å². The van der Waals surface area contributed by atoms with Gasteiger partial charge in [-0.15, -0.1) is 0 Å². The second kappa shape index (κ2) is 7.71. The Bertz CT molecular complexity index is 912. The molecule has 0 atom stereocenters. The van der Waals surface area contributed by atoms with Crippen molar-refractivity contribution in [2.75, 3.05) is 0 Å². The molecule has 0 bridgehead atoms. The molecule has 5 nitrogen and oxygen atoms in total. The molecule has 0 amide bonds. The number of aromatic hydroxyl groups is 1. The molecule has 3 rings (SSSR count). The van der Waals surface area contributed by atoms with Crippen LogP contribution in [0.1, 0.15) is 68.1 Å². The van der Waals surface area contributed by atoms with E-state index in [4.69, 9.17) is 4.74 Å². The Labute approximate surface area is 172 Å². The second-order valence-electron chi connectivity index (χ2n) is 9.43. The minimum Gasteiger partial charge on any atom is -0.504 e. The molecule has 0 unspecified atom stereocenters. The first-order valence-corrected chi connectivity index (χ1v) is 10.1. The number of hydrogen-bond acceptors (Lipinski definition) is 4. The third-order valence-electron chi connectivity index (χ3n) is 5.54. The largest absolute Gasteiger partial charge is 0.504 e. The van der Waals surface area contributed by atoms with E-state index in [1.165, 1.54) is 0 Å². The third kappa shape index (κ3) is 4.91. The van der Waals surface area contributed by atoms with Crippen LogP contribution in [0.25, 0.3) is 0 Å². The number of benzene rings is 2. The number of carboxylic acids is 1. The van der Waals surface area contributed by atoms with Gasteiger partial charge in [0.1, 0.15) is 5.60 Å². The highest BCUT2D eigenvalue weighted by Crippen LogP contribution is 2.35. The van der Waals surface area contributed by atoms with Crippen molar-refractivity contribution >= 4 is 5.97 Å². The van der Waals surface area contributed by atoms with Crippen LogP contribution in [-0.2, 0) is 19.5 Å². The van der Waals surface area contributed by atoms with Crippen LogP contribution in [0.5, 0.6) is 11.5 Å². The van der Waals surface area contributed by atoms with Gasteiger partial charge in [0.15, 0.2) is 11.5 Å². The Morgan fingerprint density at radius 2 is 1.83 bits per heavy atom. The first kappa shape index (κ1) is 21.2. The quantitative estimate of drug-likeness (QED) is 0.718. The first-order chi connectivity index (χ1) is 13.5. The summed E-state index contributed by atoms with van der Waals surface area (Å²) in [4.78, 5) is 13.9. The van der Waals surface area contributed by atoms with E-state index < -0.39 is 5.97 Å². The Morgan fingerprint density at radius 3 is 2.48 bits per heavy atom. The lowest BCUT2D eigenvalue weighted by atomic mass is 9.93. The van der Waals surface area contributed by atoms with Gasteiger partial charge in [-0.3, -0.25) is 4.90 Å². The van der Waals surface area contributed by atoms with E-state index in [-0.39, 0.29) is 16.9 Å². The second-order valence-corrected chi connectivity index (χ2v) is 9.43. The van der Waals surface area contributed by atoms with Crippen LogP contribution in [-0.4, -0.2) is 32.2 Å². The van der Waals surface area contributed by atoms with E-state index in [0.29, 0.717) is 17.9 Å². The number of carbonyl (C=O) groups is 1. The van der Waals surface area contributed by atoms with Crippen molar-refractivity contribution in [2.24, 2.45) is 0 Å². The summed E-state index contributed by atoms with van der Waals surface area (Å²) < 4.78 is 5.87. The number of phenols is 1. The fourth-order valence-electron chi connectivity index (χ4n) is 3.78. The molecule has 5 heteroatoms. The van der Waals surface area contributed by atoms with Gasteiger partial charge in [0.25, 0.3) is 0 Å². The molecule has 0 fully saturated rings. The van der Waals surface area contributed by atoms with Crippen LogP contribution in [0.3, 0.4) is 0 Å². The van der Waals surface area contributed by atoms with Gasteiger partial charge < -0.3 is 14.9 Å². The molecule has 29 heavy (non-hydrogen) atoms. The van der Waals surface area contributed by atoms with Crippen LogP contribution >= 0.6 is 0 Å². The number of phenolic OH excluding ortho intramolecular Hbond substituents is 1. The number of aromatic carboxylic acids is 1. The van der Waals surface area contributed by atoms with Crippen molar-refractivity contribution in [1.82, 2.24) is 4.90 Å². The summed E-state index contributed by atoms with van der Waals surface area (Å²) >= 11 is 0. The molecule has 0 aromatic heterocycles. The van der Waals surface area contributed by atoms with Gasteiger partial charge in [-0.05, 0) is 82.3 Å². The minimum atomic E-state index is -0.864. The van der Waals surface area contributed by atoms with Gasteiger partial charge in [-0.2, -0.15) is 0 Å². The average molecular weight is 398 g/mol. The molecule has 0 saturated heterocycles. The first-order valence-electron chi connectivity index (χ1n) is 10.1. The molecule has 1 aliphatic rings. The summed E-state index contributed by atoms with van der Waals surface area (Å²) in [5, 5.41) is 19.6. The highest BCUT2D eigenvalue weighted by molar-refractivity contribution is 5.90. The monoisotopic (exact) mass is 397 g/mol. The molecule has 2 aromatic carbocycles. The summed E-state index contributed by atoms with van der Waals surface area (Å²) in [7, 11) is 0. The lowest BCUT2D eigenvalue weighted by Gasteiger charge is -2.35. The zero-order valence-electron chi connectivity index (χ0n) is 18.0. The van der Waals surface area contributed by atoms with Crippen molar-refractivity contribution in [3.05, 3.63) is 58.7 Å². The van der Waals surface area contributed by atoms with E-state index in [1.807, 2.05) is 45.0 Å². The van der Waals surface area contributed by atoms with E-state index in [2.05, 4.69) is 18.7 Å². The zero-order valence-corrected chi connectivity index (χ0v) is 18.0. The van der Waals surface area contributed by atoms with Crippen LogP contribution < -0.4 is 4.74 Å². The van der Waals surface area contributed by atoms with Gasteiger partial charge >= 0.3 is 5.97 Å². The smallest absolute Gasteiger partial charge is 0.336 e. The lowest BCUT2D eigenvalue weighted by molar-refractivity contribution is 0.0692. The number of nitrogens with zero attached hydrogens (tertiary/aromatic N) is 1. The van der Waals surface area contributed by atoms with Gasteiger partial charge in [0.05, 0.1) is 5.56 Å². The number of rotatable bonds is 6. The van der Waals surface area contributed by atoms with E-state index >= 15 is 0 Å². The predicted molar refractivity (Wildman–Crippen MR) is 114 cm³/mol. The van der Waals surface area contributed by atoms with Crippen molar-refractivity contribution in [2.45, 2.75) is 71.7 Å². The molecular formula is C24H31NO4. The molecule has 0 aliphatic carbocycles. The highest BCUT2D eigenvalue weighted by atomic mass is 16.5. The zero-order chi connectivity index (χ0) is 21.4. The van der Waals surface area contributed by atoms with Gasteiger partial charge in [-0.25, -0.2) is 4.79 Å². The van der Waals surface area contributed by atoms with Crippen LogP contribution in [0.15, 0.2) is 36.4 Å². The van der Waals surface area contributed by atoms with Crippen molar-refractivity contribution in [3.63, 3.8) is 0 Å². The molecule has 2 N–H and O–H groups in total. The average Bonchev–Trinajstić information content (AvgIpc) is 3.06. The molecule has 156 valence electrons. The summed E-state index contributed by atoms with van der Waals surface area (Å²) in [5.41, 5.74) is 3.07. The van der Waals surface area contributed by atoms with Crippen molar-refractivity contribution < 1.29 is 19.7 Å². The van der Waals surface area contributed by atoms with Crippen LogP contribution in [0, 0.1) is 0 Å². The normalized spacial score (nSPS) is 14.7. The SMILES string of the molecule is CC(C)(C)Oc1cc(CCC(C)(C)N2Cc3cccc(C(=O)O)c3C2)ccc1O. The minimum absolute atomic E-state index is 0.0995. The maximum absolute atomic E-state index is 11.5. The summed E-state index contributed by atoms with van der Waals surface area (Å²) in [6.45, 7) is 11.7. The lowest BCUT2D eigenvalue weighted by Crippen LogP contribution is -2.40. The number of fused-ring (bicyclic) bond motifs is 1. The topological polar surface area (TPSA) is 70.0 Å². The Balaban J connectivity index is 1.70. The number of carboxylic acid groups (broad SMARTS) is 1. The summed E-state index contributed by atoms with van der Waals surface area (Å²) in [5.74, 6) is -0.205. The molecule has 0 spiro atoms. The summed E-state index contributed by atoms with van der Waals surface area (Å²) in [6.07, 6.45) is 1.75. The molecule has 1 heterocycles. The molecule has 0 saturated carbocycles. The maximum Gasteiger partial charge on any atom is 0.336 e. The van der Waals surface area contributed by atoms with E-state index in [1.54, 1.807) is 12.1 Å². The Kier molecular flexibility index (Phi) is 5.63. The van der Waals surface area contributed by atoms with Gasteiger partial charge in [0.2, 0.25) is 0 Å². The molecule has 2 aromatic rings. The van der Waals surface area contributed by atoms with Crippen LogP contribution in [0.4, 0.5) is 0 Å². The predicted octanol–water partition coefficient (Wildman–Crippen LogP) is 4.99. The maximum atomic E-state index is 11.5. The third-order valence-corrected chi connectivity index (χ3v) is 5.54. The van der Waals surface area contributed by atoms with Gasteiger partial charge in [-0.1, -0.05) is 18.2 Å². The summed E-state index contributed by atoms with van der Waals surface area (Å²) in [6, 6.07) is 11.1.